The summed E-state index contributed by atoms with van der Waals surface area (Å²) < 4.78 is 5.51. The molecule has 1 atom stereocenters. The molecule has 18 heavy (non-hydrogen) atoms. The number of carbonyl (C=O) groups is 1. The van der Waals surface area contributed by atoms with E-state index in [-0.39, 0.29) is 11.9 Å². The zero-order chi connectivity index (χ0) is 13.1. The molecule has 1 unspecified atom stereocenters. The molecule has 0 bridgehead atoms. The van der Waals surface area contributed by atoms with Gasteiger partial charge in [0.2, 0.25) is 0 Å². The Kier molecular flexibility index (Phi) is 3.75. The van der Waals surface area contributed by atoms with Crippen molar-refractivity contribution >= 4 is 11.6 Å². The summed E-state index contributed by atoms with van der Waals surface area (Å²) in [5.41, 5.74) is 6.94. The van der Waals surface area contributed by atoms with E-state index in [9.17, 15) is 4.79 Å². The van der Waals surface area contributed by atoms with Crippen molar-refractivity contribution in [2.24, 2.45) is 0 Å². The van der Waals surface area contributed by atoms with E-state index in [2.05, 4.69) is 6.92 Å². The summed E-state index contributed by atoms with van der Waals surface area (Å²) in [5, 5.41) is 0. The predicted molar refractivity (Wildman–Crippen MR) is 71.8 cm³/mol. The number of benzene rings is 1. The molecule has 1 amide bonds. The number of nitrogens with zero attached hydrogens (tertiary/aromatic N) is 1. The number of amides is 1. The molecule has 2 N–H and O–H groups in total. The summed E-state index contributed by atoms with van der Waals surface area (Å²) in [6.45, 7) is 5.31. The fourth-order valence-corrected chi connectivity index (χ4v) is 2.43. The second-order valence-electron chi connectivity index (χ2n) is 4.64. The highest BCUT2D eigenvalue weighted by Gasteiger charge is 2.29. The molecule has 4 heteroatoms. The number of ether oxygens (including phenoxy) is 1. The maximum Gasteiger partial charge on any atom is 0.259 e. The van der Waals surface area contributed by atoms with Gasteiger partial charge >= 0.3 is 0 Å². The van der Waals surface area contributed by atoms with E-state index < -0.39 is 0 Å². The molecule has 1 aliphatic rings. The average molecular weight is 248 g/mol. The van der Waals surface area contributed by atoms with E-state index in [4.69, 9.17) is 10.5 Å². The van der Waals surface area contributed by atoms with Gasteiger partial charge in [0.25, 0.3) is 5.91 Å². The number of anilines is 1. The Balaban J connectivity index is 2.34. The summed E-state index contributed by atoms with van der Waals surface area (Å²) in [7, 11) is 0. The van der Waals surface area contributed by atoms with Crippen LogP contribution in [0.5, 0.6) is 5.75 Å². The molecule has 0 saturated carbocycles. The summed E-state index contributed by atoms with van der Waals surface area (Å²) >= 11 is 0. The average Bonchev–Trinajstić information content (AvgIpc) is 2.75. The minimum Gasteiger partial charge on any atom is -0.493 e. The summed E-state index contributed by atoms with van der Waals surface area (Å²) in [6, 6.07) is 5.64. The number of rotatable bonds is 3. The van der Waals surface area contributed by atoms with Crippen molar-refractivity contribution in [3.05, 3.63) is 23.8 Å². The van der Waals surface area contributed by atoms with Crippen molar-refractivity contribution in [1.82, 2.24) is 4.90 Å². The minimum atomic E-state index is -0.0125. The van der Waals surface area contributed by atoms with Gasteiger partial charge in [0.1, 0.15) is 11.3 Å². The van der Waals surface area contributed by atoms with Crippen LogP contribution in [0.4, 0.5) is 5.69 Å². The fourth-order valence-electron chi connectivity index (χ4n) is 2.43. The first-order valence-electron chi connectivity index (χ1n) is 6.47. The molecule has 1 aromatic rings. The highest BCUT2D eigenvalue weighted by Crippen LogP contribution is 2.29. The highest BCUT2D eigenvalue weighted by atomic mass is 16.5. The fraction of sp³-hybridized carbons (Fsp3) is 0.500. The molecule has 1 heterocycles. The molecule has 2 rings (SSSR count). The van der Waals surface area contributed by atoms with Crippen LogP contribution in [0.25, 0.3) is 0 Å². The van der Waals surface area contributed by atoms with Crippen molar-refractivity contribution in [2.45, 2.75) is 32.7 Å². The zero-order valence-electron chi connectivity index (χ0n) is 11.0. The van der Waals surface area contributed by atoms with Crippen molar-refractivity contribution in [3.63, 3.8) is 0 Å². The Morgan fingerprint density at radius 1 is 1.56 bits per heavy atom. The van der Waals surface area contributed by atoms with Crippen LogP contribution in [0.1, 0.15) is 37.0 Å². The van der Waals surface area contributed by atoms with Crippen molar-refractivity contribution in [1.29, 1.82) is 0 Å². The molecule has 4 nitrogen and oxygen atoms in total. The van der Waals surface area contributed by atoms with Crippen molar-refractivity contribution in [3.8, 4) is 5.75 Å². The lowest BCUT2D eigenvalue weighted by molar-refractivity contribution is 0.0744. The lowest BCUT2D eigenvalue weighted by atomic mass is 10.1. The molecule has 0 aliphatic carbocycles. The van der Waals surface area contributed by atoms with E-state index >= 15 is 0 Å². The van der Waals surface area contributed by atoms with Crippen LogP contribution in [0, 0.1) is 0 Å². The van der Waals surface area contributed by atoms with Crippen LogP contribution >= 0.6 is 0 Å². The first-order chi connectivity index (χ1) is 8.65. The molecule has 98 valence electrons. The van der Waals surface area contributed by atoms with Gasteiger partial charge in [-0.2, -0.15) is 0 Å². The molecule has 0 spiro atoms. The quantitative estimate of drug-likeness (QED) is 0.835. The van der Waals surface area contributed by atoms with Gasteiger partial charge in [0.15, 0.2) is 0 Å². The van der Waals surface area contributed by atoms with Gasteiger partial charge in [-0.3, -0.25) is 4.79 Å². The monoisotopic (exact) mass is 248 g/mol. The van der Waals surface area contributed by atoms with Gasteiger partial charge < -0.3 is 15.4 Å². The van der Waals surface area contributed by atoms with E-state index in [1.165, 1.54) is 0 Å². The van der Waals surface area contributed by atoms with Gasteiger partial charge in [-0.05, 0) is 38.8 Å². The Hall–Kier alpha value is -1.71. The lowest BCUT2D eigenvalue weighted by Crippen LogP contribution is -2.34. The Morgan fingerprint density at radius 3 is 2.94 bits per heavy atom. The highest BCUT2D eigenvalue weighted by molar-refractivity contribution is 6.02. The SMILES string of the molecule is CCOc1cccc(N)c1C(=O)N1CCCC1C. The third-order valence-electron chi connectivity index (χ3n) is 3.39. The minimum absolute atomic E-state index is 0.0125. The second kappa shape index (κ2) is 5.29. The molecule has 1 aromatic carbocycles. The van der Waals surface area contributed by atoms with E-state index in [1.807, 2.05) is 17.9 Å². The summed E-state index contributed by atoms with van der Waals surface area (Å²) in [6.07, 6.45) is 2.12. The third-order valence-corrected chi connectivity index (χ3v) is 3.39. The van der Waals surface area contributed by atoms with Crippen LogP contribution < -0.4 is 10.5 Å². The standard InChI is InChI=1S/C14H20N2O2/c1-3-18-12-8-4-7-11(15)13(12)14(17)16-9-5-6-10(16)2/h4,7-8,10H,3,5-6,9,15H2,1-2H3. The first-order valence-corrected chi connectivity index (χ1v) is 6.47. The van der Waals surface area contributed by atoms with E-state index in [0.717, 1.165) is 19.4 Å². The Bertz CT molecular complexity index is 445. The summed E-state index contributed by atoms with van der Waals surface area (Å²) in [5.74, 6) is 0.572. The largest absolute Gasteiger partial charge is 0.493 e. The van der Waals surface area contributed by atoms with Crippen molar-refractivity contribution in [2.75, 3.05) is 18.9 Å². The smallest absolute Gasteiger partial charge is 0.259 e. The number of likely N-dealkylation sites (tertiary alicyclic amines) is 1. The molecule has 1 aliphatic heterocycles. The van der Waals surface area contributed by atoms with Crippen molar-refractivity contribution < 1.29 is 9.53 Å². The van der Waals surface area contributed by atoms with Crippen LogP contribution in [-0.4, -0.2) is 30.0 Å². The number of hydrogen-bond donors (Lipinski definition) is 1. The first kappa shape index (κ1) is 12.7. The topological polar surface area (TPSA) is 55.6 Å². The zero-order valence-corrected chi connectivity index (χ0v) is 11.0. The molecule has 1 saturated heterocycles. The lowest BCUT2D eigenvalue weighted by Gasteiger charge is -2.23. The van der Waals surface area contributed by atoms with Crippen LogP contribution in [-0.2, 0) is 0 Å². The normalized spacial score (nSPS) is 19.0. The molecule has 0 radical (unpaired) electrons. The van der Waals surface area contributed by atoms with E-state index in [1.54, 1.807) is 12.1 Å². The van der Waals surface area contributed by atoms with Gasteiger partial charge in [-0.15, -0.1) is 0 Å². The third kappa shape index (κ3) is 2.28. The van der Waals surface area contributed by atoms with Gasteiger partial charge in [0, 0.05) is 18.3 Å². The van der Waals surface area contributed by atoms with Crippen LogP contribution in [0.3, 0.4) is 0 Å². The van der Waals surface area contributed by atoms with Crippen LogP contribution in [0.2, 0.25) is 0 Å². The van der Waals surface area contributed by atoms with Crippen LogP contribution in [0.15, 0.2) is 18.2 Å². The maximum atomic E-state index is 12.5. The number of hydrogen-bond acceptors (Lipinski definition) is 3. The number of nitrogen functional groups attached to an aromatic ring is 1. The Labute approximate surface area is 108 Å². The van der Waals surface area contributed by atoms with Gasteiger partial charge in [-0.1, -0.05) is 6.07 Å². The summed E-state index contributed by atoms with van der Waals surface area (Å²) in [4.78, 5) is 14.4. The van der Waals surface area contributed by atoms with Gasteiger partial charge in [-0.25, -0.2) is 0 Å². The molecule has 0 aromatic heterocycles. The number of nitrogens with two attached hydrogens (primary N) is 1. The molecular weight excluding hydrogens is 228 g/mol. The van der Waals surface area contributed by atoms with E-state index in [0.29, 0.717) is 23.6 Å². The maximum absolute atomic E-state index is 12.5. The van der Waals surface area contributed by atoms with Gasteiger partial charge in [0.05, 0.1) is 6.61 Å². The predicted octanol–water partition coefficient (Wildman–Crippen LogP) is 2.29. The second-order valence-corrected chi connectivity index (χ2v) is 4.64. The number of carbonyl (C=O) groups excluding carboxylic acids is 1. The molecule has 1 fully saturated rings. The Morgan fingerprint density at radius 2 is 2.33 bits per heavy atom. The molecular formula is C14H20N2O2.